The smallest absolute Gasteiger partial charge is 0.410 e. The standard InChI is InChI=1S/C16H26N4O4/c1-11-10-18(8-9-19(11)15(21)24-16(3,4)5)14-7-6-13(20(22)23)12(2)17-14/h6-7,11,20,22H,8-10H2,1-5H3/t11-/m0/s1. The van der Waals surface area contributed by atoms with Crippen molar-refractivity contribution < 1.29 is 20.0 Å². The van der Waals surface area contributed by atoms with E-state index in [-0.39, 0.29) is 17.8 Å². The fourth-order valence-corrected chi connectivity index (χ4v) is 2.71. The van der Waals surface area contributed by atoms with Crippen molar-refractivity contribution in [1.82, 2.24) is 9.88 Å². The highest BCUT2D eigenvalue weighted by atomic mass is 16.8. The molecule has 134 valence electrons. The lowest BCUT2D eigenvalue weighted by Gasteiger charge is -2.40. The van der Waals surface area contributed by atoms with Gasteiger partial charge in [0, 0.05) is 31.7 Å². The van der Waals surface area contributed by atoms with Gasteiger partial charge in [-0.25, -0.2) is 15.0 Å². The molecular formula is C16H26N4O4. The van der Waals surface area contributed by atoms with Gasteiger partial charge in [0.15, 0.2) is 5.69 Å². The summed E-state index contributed by atoms with van der Waals surface area (Å²) < 4.78 is 5.44. The van der Waals surface area contributed by atoms with Crippen LogP contribution >= 0.6 is 0 Å². The van der Waals surface area contributed by atoms with Gasteiger partial charge in [0.1, 0.15) is 17.1 Å². The first-order valence-electron chi connectivity index (χ1n) is 8.04. The Labute approximate surface area is 142 Å². The maximum Gasteiger partial charge on any atom is 0.410 e. The van der Waals surface area contributed by atoms with Crippen LogP contribution in [0.15, 0.2) is 12.1 Å². The van der Waals surface area contributed by atoms with Gasteiger partial charge in [0.2, 0.25) is 0 Å². The molecule has 1 fully saturated rings. The lowest BCUT2D eigenvalue weighted by atomic mass is 10.2. The monoisotopic (exact) mass is 338 g/mol. The average molecular weight is 338 g/mol. The molecule has 1 aliphatic rings. The number of quaternary nitrogens is 1. The number of carbonyl (C=O) groups excluding carboxylic acids is 1. The fraction of sp³-hybridized carbons (Fsp3) is 0.625. The molecule has 2 atom stereocenters. The van der Waals surface area contributed by atoms with Gasteiger partial charge in [0.25, 0.3) is 0 Å². The predicted molar refractivity (Wildman–Crippen MR) is 89.4 cm³/mol. The van der Waals surface area contributed by atoms with Crippen LogP contribution in [0.2, 0.25) is 0 Å². The Kier molecular flexibility index (Phi) is 5.32. The molecule has 0 saturated carbocycles. The normalized spacial score (nSPS) is 20.0. The Morgan fingerprint density at radius 2 is 2.08 bits per heavy atom. The molecule has 2 rings (SSSR count). The molecule has 2 heterocycles. The number of nitrogens with one attached hydrogen (secondary N) is 1. The van der Waals surface area contributed by atoms with Gasteiger partial charge in [-0.1, -0.05) is 0 Å². The minimum atomic E-state index is -0.977. The number of amides is 1. The van der Waals surface area contributed by atoms with E-state index in [4.69, 9.17) is 9.94 Å². The third-order valence-electron chi connectivity index (χ3n) is 3.88. The Bertz CT molecular complexity index is 600. The van der Waals surface area contributed by atoms with Crippen LogP contribution in [0.25, 0.3) is 0 Å². The summed E-state index contributed by atoms with van der Waals surface area (Å²) in [5, 5.41) is 19.2. The minimum absolute atomic E-state index is 0.0187. The summed E-state index contributed by atoms with van der Waals surface area (Å²) in [6, 6.07) is 3.27. The van der Waals surface area contributed by atoms with Crippen molar-refractivity contribution in [2.24, 2.45) is 0 Å². The highest BCUT2D eigenvalue weighted by Crippen LogP contribution is 2.21. The maximum absolute atomic E-state index is 12.2. The van der Waals surface area contributed by atoms with Gasteiger partial charge in [0.05, 0.1) is 0 Å². The van der Waals surface area contributed by atoms with E-state index in [2.05, 4.69) is 9.88 Å². The Morgan fingerprint density at radius 1 is 1.42 bits per heavy atom. The summed E-state index contributed by atoms with van der Waals surface area (Å²) in [7, 11) is 0. The van der Waals surface area contributed by atoms with Crippen molar-refractivity contribution in [3.05, 3.63) is 23.0 Å². The first-order valence-corrected chi connectivity index (χ1v) is 8.04. The second kappa shape index (κ2) is 6.92. The quantitative estimate of drug-likeness (QED) is 0.788. The first-order chi connectivity index (χ1) is 11.1. The average Bonchev–Trinajstić information content (AvgIpc) is 2.44. The summed E-state index contributed by atoms with van der Waals surface area (Å²) in [6.07, 6.45) is -0.306. The van der Waals surface area contributed by atoms with Gasteiger partial charge in [-0.15, -0.1) is 0 Å². The summed E-state index contributed by atoms with van der Waals surface area (Å²) in [6.45, 7) is 11.0. The third kappa shape index (κ3) is 4.34. The zero-order valence-electron chi connectivity index (χ0n) is 14.9. The van der Waals surface area contributed by atoms with E-state index < -0.39 is 10.8 Å². The Hall–Kier alpha value is -1.90. The van der Waals surface area contributed by atoms with Crippen LogP contribution in [0, 0.1) is 12.1 Å². The van der Waals surface area contributed by atoms with Crippen molar-refractivity contribution >= 4 is 17.6 Å². The van der Waals surface area contributed by atoms with Crippen molar-refractivity contribution in [1.29, 1.82) is 0 Å². The largest absolute Gasteiger partial charge is 0.595 e. The molecule has 0 aromatic carbocycles. The predicted octanol–water partition coefficient (Wildman–Crippen LogP) is 1.24. The molecule has 24 heavy (non-hydrogen) atoms. The molecule has 0 radical (unpaired) electrons. The maximum atomic E-state index is 12.2. The van der Waals surface area contributed by atoms with E-state index >= 15 is 0 Å². The van der Waals surface area contributed by atoms with Crippen LogP contribution in [0.3, 0.4) is 0 Å². The number of carbonyl (C=O) groups is 1. The number of piperazine rings is 1. The number of hydrogen-bond acceptors (Lipinski definition) is 6. The van der Waals surface area contributed by atoms with E-state index in [9.17, 15) is 10.0 Å². The number of aryl methyl sites for hydroxylation is 1. The lowest BCUT2D eigenvalue weighted by molar-refractivity contribution is -0.991. The third-order valence-corrected chi connectivity index (χ3v) is 3.88. The summed E-state index contributed by atoms with van der Waals surface area (Å²) in [4.78, 5) is 20.4. The van der Waals surface area contributed by atoms with Crippen LogP contribution in [0.1, 0.15) is 33.4 Å². The van der Waals surface area contributed by atoms with Crippen molar-refractivity contribution in [2.45, 2.75) is 46.3 Å². The number of pyridine rings is 1. The van der Waals surface area contributed by atoms with Crippen molar-refractivity contribution in [2.75, 3.05) is 24.5 Å². The van der Waals surface area contributed by atoms with Crippen LogP contribution in [-0.4, -0.2) is 52.5 Å². The van der Waals surface area contributed by atoms with Crippen LogP contribution in [0.4, 0.5) is 16.3 Å². The molecule has 1 aliphatic heterocycles. The van der Waals surface area contributed by atoms with Crippen LogP contribution < -0.4 is 10.1 Å². The zero-order valence-corrected chi connectivity index (χ0v) is 14.9. The minimum Gasteiger partial charge on any atom is -0.595 e. The molecule has 0 spiro atoms. The van der Waals surface area contributed by atoms with E-state index in [0.717, 1.165) is 5.82 Å². The molecule has 1 aromatic heterocycles. The molecule has 8 heteroatoms. The Balaban J connectivity index is 2.05. The highest BCUT2D eigenvalue weighted by Gasteiger charge is 2.31. The molecule has 2 N–H and O–H groups in total. The second-order valence-electron chi connectivity index (χ2n) is 7.08. The fourth-order valence-electron chi connectivity index (χ4n) is 2.71. The number of aromatic nitrogens is 1. The van der Waals surface area contributed by atoms with Crippen molar-refractivity contribution in [3.63, 3.8) is 0 Å². The summed E-state index contributed by atoms with van der Waals surface area (Å²) in [5.74, 6) is 0.730. The second-order valence-corrected chi connectivity index (χ2v) is 7.08. The molecule has 1 saturated heterocycles. The molecular weight excluding hydrogens is 312 g/mol. The van der Waals surface area contributed by atoms with E-state index in [1.807, 2.05) is 27.7 Å². The molecule has 1 amide bonds. The number of rotatable bonds is 2. The molecule has 1 aromatic rings. The summed E-state index contributed by atoms with van der Waals surface area (Å²) in [5.41, 5.74) is 0.181. The molecule has 0 aliphatic carbocycles. The number of hydrogen-bond donors (Lipinski definition) is 2. The van der Waals surface area contributed by atoms with E-state index in [1.165, 1.54) is 0 Å². The van der Waals surface area contributed by atoms with Gasteiger partial charge >= 0.3 is 6.09 Å². The first kappa shape index (κ1) is 18.4. The molecule has 1 unspecified atom stereocenters. The number of anilines is 1. The van der Waals surface area contributed by atoms with Crippen molar-refractivity contribution in [3.8, 4) is 0 Å². The number of ether oxygens (including phenoxy) is 1. The van der Waals surface area contributed by atoms with Gasteiger partial charge in [-0.2, -0.15) is 5.23 Å². The zero-order chi connectivity index (χ0) is 18.1. The molecule has 8 nitrogen and oxygen atoms in total. The topological polar surface area (TPSA) is 93.4 Å². The SMILES string of the molecule is Cc1nc(N2CCN(C(=O)OC(C)(C)C)[C@@H](C)C2)ccc1[NH+]([O-])O. The Morgan fingerprint density at radius 3 is 2.58 bits per heavy atom. The lowest BCUT2D eigenvalue weighted by Crippen LogP contribution is -2.99. The van der Waals surface area contributed by atoms with E-state index in [1.54, 1.807) is 24.0 Å². The van der Waals surface area contributed by atoms with Gasteiger partial charge in [-0.05, 0) is 40.7 Å². The van der Waals surface area contributed by atoms with Crippen LogP contribution in [-0.2, 0) is 4.74 Å². The van der Waals surface area contributed by atoms with Gasteiger partial charge in [-0.3, -0.25) is 0 Å². The number of nitrogens with zero attached hydrogens (tertiary/aromatic N) is 3. The van der Waals surface area contributed by atoms with E-state index in [0.29, 0.717) is 25.3 Å². The van der Waals surface area contributed by atoms with Crippen LogP contribution in [0.5, 0.6) is 0 Å². The summed E-state index contributed by atoms with van der Waals surface area (Å²) >= 11 is 0. The van der Waals surface area contributed by atoms with Gasteiger partial charge < -0.3 is 19.7 Å². The molecule has 0 bridgehead atoms. The highest BCUT2D eigenvalue weighted by molar-refractivity contribution is 5.69.